The number of rotatable bonds is 7. The first-order valence-electron chi connectivity index (χ1n) is 6.95. The van der Waals surface area contributed by atoms with Gasteiger partial charge >= 0.3 is 5.97 Å². The highest BCUT2D eigenvalue weighted by atomic mass is 16.5. The lowest BCUT2D eigenvalue weighted by Crippen LogP contribution is -2.28. The molecule has 0 fully saturated rings. The molecule has 1 aromatic heterocycles. The van der Waals surface area contributed by atoms with Gasteiger partial charge in [0.25, 0.3) is 5.91 Å². The number of ether oxygens (including phenoxy) is 2. The predicted molar refractivity (Wildman–Crippen MR) is 83.5 cm³/mol. The summed E-state index contributed by atoms with van der Waals surface area (Å²) in [4.78, 5) is 23.1. The van der Waals surface area contributed by atoms with E-state index in [1.165, 1.54) is 18.4 Å². The van der Waals surface area contributed by atoms with Crippen molar-refractivity contribution in [2.24, 2.45) is 0 Å². The summed E-state index contributed by atoms with van der Waals surface area (Å²) in [7, 11) is 1.59. The van der Waals surface area contributed by atoms with E-state index in [9.17, 15) is 9.59 Å². The molecule has 0 bridgehead atoms. The highest BCUT2D eigenvalue weighted by Gasteiger charge is 2.05. The summed E-state index contributed by atoms with van der Waals surface area (Å²) in [6.07, 6.45) is 4.17. The fourth-order valence-electron chi connectivity index (χ4n) is 1.72. The van der Waals surface area contributed by atoms with E-state index in [1.807, 2.05) is 12.1 Å². The number of furan rings is 1. The van der Waals surface area contributed by atoms with Crippen LogP contribution in [0.4, 0.5) is 0 Å². The van der Waals surface area contributed by atoms with Crippen molar-refractivity contribution in [2.45, 2.75) is 6.54 Å². The minimum absolute atomic E-state index is 0.336. The third-order valence-corrected chi connectivity index (χ3v) is 2.92. The summed E-state index contributed by atoms with van der Waals surface area (Å²) in [6.45, 7) is 0.0140. The van der Waals surface area contributed by atoms with Crippen molar-refractivity contribution in [3.05, 3.63) is 60.1 Å². The molecular weight excluding hydrogens is 298 g/mol. The van der Waals surface area contributed by atoms with Crippen molar-refractivity contribution in [1.82, 2.24) is 5.32 Å². The minimum atomic E-state index is -0.610. The van der Waals surface area contributed by atoms with Gasteiger partial charge in [0.15, 0.2) is 6.61 Å². The summed E-state index contributed by atoms with van der Waals surface area (Å²) < 4.78 is 14.9. The van der Waals surface area contributed by atoms with Gasteiger partial charge in [-0.3, -0.25) is 4.79 Å². The second-order valence-corrected chi connectivity index (χ2v) is 4.58. The van der Waals surface area contributed by atoms with Gasteiger partial charge in [0.1, 0.15) is 11.5 Å². The molecule has 1 N–H and O–H groups in total. The van der Waals surface area contributed by atoms with E-state index in [-0.39, 0.29) is 12.5 Å². The average molecular weight is 315 g/mol. The summed E-state index contributed by atoms with van der Waals surface area (Å²) >= 11 is 0. The second kappa shape index (κ2) is 8.43. The van der Waals surface area contributed by atoms with Gasteiger partial charge in [-0.15, -0.1) is 0 Å². The summed E-state index contributed by atoms with van der Waals surface area (Å²) in [6, 6.07) is 10.7. The number of methoxy groups -OCH3 is 1. The van der Waals surface area contributed by atoms with Gasteiger partial charge in [0, 0.05) is 12.6 Å². The van der Waals surface area contributed by atoms with Gasteiger partial charge in [-0.2, -0.15) is 0 Å². The molecule has 0 radical (unpaired) electrons. The molecule has 0 spiro atoms. The van der Waals surface area contributed by atoms with Gasteiger partial charge in [0.05, 0.1) is 13.4 Å². The number of carbonyl (C=O) groups is 2. The number of hydrogen-bond donors (Lipinski definition) is 1. The molecule has 6 heteroatoms. The smallest absolute Gasteiger partial charge is 0.331 e. The maximum atomic E-state index is 11.6. The molecule has 0 unspecified atom stereocenters. The van der Waals surface area contributed by atoms with E-state index in [0.717, 1.165) is 11.3 Å². The van der Waals surface area contributed by atoms with E-state index < -0.39 is 5.97 Å². The average Bonchev–Trinajstić information content (AvgIpc) is 3.10. The fraction of sp³-hybridized carbons (Fsp3) is 0.176. The van der Waals surface area contributed by atoms with Crippen LogP contribution in [0.25, 0.3) is 6.08 Å². The van der Waals surface area contributed by atoms with Crippen LogP contribution in [0.1, 0.15) is 11.3 Å². The van der Waals surface area contributed by atoms with Crippen LogP contribution in [-0.2, 0) is 20.9 Å². The van der Waals surface area contributed by atoms with Crippen molar-refractivity contribution in [2.75, 3.05) is 13.7 Å². The number of esters is 1. The van der Waals surface area contributed by atoms with E-state index in [2.05, 4.69) is 5.32 Å². The lowest BCUT2D eigenvalue weighted by Gasteiger charge is -2.06. The zero-order valence-electron chi connectivity index (χ0n) is 12.7. The van der Waals surface area contributed by atoms with Crippen molar-refractivity contribution in [3.63, 3.8) is 0 Å². The standard InChI is InChI=1S/C17H17NO5/c1-21-14-6-4-13(5-7-14)11-18-16(19)12-23-17(20)9-8-15-3-2-10-22-15/h2-10H,11-12H2,1H3,(H,18,19)/b9-8+. The Hall–Kier alpha value is -3.02. The van der Waals surface area contributed by atoms with Crippen molar-refractivity contribution < 1.29 is 23.5 Å². The Labute approximate surface area is 133 Å². The lowest BCUT2D eigenvalue weighted by atomic mass is 10.2. The SMILES string of the molecule is COc1ccc(CNC(=O)COC(=O)/C=C/c2ccco2)cc1. The Bertz CT molecular complexity index is 659. The van der Waals surface area contributed by atoms with E-state index in [0.29, 0.717) is 12.3 Å². The van der Waals surface area contributed by atoms with Crippen LogP contribution in [0.5, 0.6) is 5.75 Å². The predicted octanol–water partition coefficient (Wildman–Crippen LogP) is 2.16. The van der Waals surface area contributed by atoms with Crippen molar-refractivity contribution in [3.8, 4) is 5.75 Å². The molecule has 2 aromatic rings. The maximum Gasteiger partial charge on any atom is 0.331 e. The molecule has 1 heterocycles. The van der Waals surface area contributed by atoms with Crippen LogP contribution < -0.4 is 10.1 Å². The Morgan fingerprint density at radius 1 is 1.22 bits per heavy atom. The van der Waals surface area contributed by atoms with Crippen LogP contribution in [-0.4, -0.2) is 25.6 Å². The highest BCUT2D eigenvalue weighted by Crippen LogP contribution is 2.10. The number of hydrogen-bond acceptors (Lipinski definition) is 5. The third-order valence-electron chi connectivity index (χ3n) is 2.92. The molecular formula is C17H17NO5. The first-order valence-corrected chi connectivity index (χ1v) is 6.95. The Morgan fingerprint density at radius 2 is 2.00 bits per heavy atom. The number of carbonyl (C=O) groups excluding carboxylic acids is 2. The Morgan fingerprint density at radius 3 is 2.65 bits per heavy atom. The van der Waals surface area contributed by atoms with E-state index in [1.54, 1.807) is 31.4 Å². The van der Waals surface area contributed by atoms with Crippen molar-refractivity contribution >= 4 is 18.0 Å². The summed E-state index contributed by atoms with van der Waals surface area (Å²) in [5.74, 6) is 0.296. The van der Waals surface area contributed by atoms with E-state index in [4.69, 9.17) is 13.9 Å². The first kappa shape index (κ1) is 16.4. The van der Waals surface area contributed by atoms with Crippen LogP contribution in [0.15, 0.2) is 53.2 Å². The normalized spacial score (nSPS) is 10.5. The van der Waals surface area contributed by atoms with Crippen LogP contribution in [0.3, 0.4) is 0 Å². The maximum absolute atomic E-state index is 11.6. The van der Waals surface area contributed by atoms with Crippen LogP contribution in [0.2, 0.25) is 0 Å². The molecule has 0 aliphatic carbocycles. The Balaban J connectivity index is 1.69. The van der Waals surface area contributed by atoms with Crippen LogP contribution >= 0.6 is 0 Å². The number of nitrogens with one attached hydrogen (secondary N) is 1. The molecule has 2 rings (SSSR count). The van der Waals surface area contributed by atoms with Gasteiger partial charge in [-0.25, -0.2) is 4.79 Å². The fourth-order valence-corrected chi connectivity index (χ4v) is 1.72. The second-order valence-electron chi connectivity index (χ2n) is 4.58. The zero-order chi connectivity index (χ0) is 16.5. The first-order chi connectivity index (χ1) is 11.2. The lowest BCUT2D eigenvalue weighted by molar-refractivity contribution is -0.143. The third kappa shape index (κ3) is 5.70. The molecule has 23 heavy (non-hydrogen) atoms. The summed E-state index contributed by atoms with van der Waals surface area (Å²) in [5.41, 5.74) is 0.920. The molecule has 0 atom stereocenters. The zero-order valence-corrected chi connectivity index (χ0v) is 12.7. The molecule has 1 aromatic carbocycles. The molecule has 6 nitrogen and oxygen atoms in total. The monoisotopic (exact) mass is 315 g/mol. The molecule has 0 aliphatic heterocycles. The number of amides is 1. The topological polar surface area (TPSA) is 77.8 Å². The highest BCUT2D eigenvalue weighted by molar-refractivity contribution is 5.88. The van der Waals surface area contributed by atoms with Gasteiger partial charge in [-0.05, 0) is 35.9 Å². The molecule has 0 saturated carbocycles. The number of benzene rings is 1. The van der Waals surface area contributed by atoms with Crippen LogP contribution in [0, 0.1) is 0 Å². The van der Waals surface area contributed by atoms with Crippen molar-refractivity contribution in [1.29, 1.82) is 0 Å². The quantitative estimate of drug-likeness (QED) is 0.626. The van der Waals surface area contributed by atoms with E-state index >= 15 is 0 Å². The molecule has 120 valence electrons. The minimum Gasteiger partial charge on any atom is -0.497 e. The Kier molecular flexibility index (Phi) is 5.99. The largest absolute Gasteiger partial charge is 0.497 e. The molecule has 1 amide bonds. The van der Waals surface area contributed by atoms with Gasteiger partial charge in [-0.1, -0.05) is 12.1 Å². The summed E-state index contributed by atoms with van der Waals surface area (Å²) in [5, 5.41) is 2.66. The van der Waals surface area contributed by atoms with Gasteiger partial charge in [0.2, 0.25) is 0 Å². The van der Waals surface area contributed by atoms with Gasteiger partial charge < -0.3 is 19.2 Å². The molecule has 0 aliphatic rings. The molecule has 0 saturated heterocycles.